The minimum atomic E-state index is -0.732. The monoisotopic (exact) mass is 307 g/mol. The van der Waals surface area contributed by atoms with Gasteiger partial charge in [-0.05, 0) is 24.1 Å². The summed E-state index contributed by atoms with van der Waals surface area (Å²) in [5.74, 6) is -1.53. The van der Waals surface area contributed by atoms with Crippen LogP contribution in [0.1, 0.15) is 41.0 Å². The van der Waals surface area contributed by atoms with Gasteiger partial charge >= 0.3 is 11.9 Å². The van der Waals surface area contributed by atoms with Gasteiger partial charge in [0.15, 0.2) is 0 Å². The molecule has 0 aliphatic rings. The van der Waals surface area contributed by atoms with E-state index in [9.17, 15) is 14.4 Å². The summed E-state index contributed by atoms with van der Waals surface area (Å²) in [6, 6.07) is 5.38. The number of rotatable bonds is 6. The lowest BCUT2D eigenvalue weighted by atomic mass is 9.98. The molecule has 1 amide bonds. The number of carbonyl (C=O) groups excluding carboxylic acids is 3. The van der Waals surface area contributed by atoms with Gasteiger partial charge in [0, 0.05) is 5.56 Å². The van der Waals surface area contributed by atoms with Gasteiger partial charge in [-0.25, -0.2) is 9.59 Å². The Labute approximate surface area is 129 Å². The molecule has 0 bridgehead atoms. The van der Waals surface area contributed by atoms with E-state index in [1.54, 1.807) is 18.2 Å². The lowest BCUT2D eigenvalue weighted by molar-refractivity contribution is -0.144. The molecule has 0 heterocycles. The first-order chi connectivity index (χ1) is 10.4. The van der Waals surface area contributed by atoms with Crippen LogP contribution in [0.3, 0.4) is 0 Å². The molecule has 2 atom stereocenters. The van der Waals surface area contributed by atoms with Crippen LogP contribution in [0.25, 0.3) is 0 Å². The molecule has 0 saturated heterocycles. The number of esters is 2. The number of carbonyl (C=O) groups is 3. The fourth-order valence-electron chi connectivity index (χ4n) is 1.93. The van der Waals surface area contributed by atoms with Crippen molar-refractivity contribution < 1.29 is 23.9 Å². The third-order valence-corrected chi connectivity index (χ3v) is 3.50. The molecular weight excluding hydrogens is 286 g/mol. The molecule has 1 aromatic rings. The van der Waals surface area contributed by atoms with Crippen molar-refractivity contribution in [2.24, 2.45) is 5.92 Å². The quantitative estimate of drug-likeness (QED) is 0.810. The van der Waals surface area contributed by atoms with Crippen LogP contribution in [-0.2, 0) is 14.3 Å². The summed E-state index contributed by atoms with van der Waals surface area (Å²) in [6.07, 6.45) is 0.711. The molecular formula is C16H21NO5. The highest BCUT2D eigenvalue weighted by Gasteiger charge is 2.27. The molecule has 6 heteroatoms. The minimum absolute atomic E-state index is 0.0693. The van der Waals surface area contributed by atoms with E-state index in [2.05, 4.69) is 10.1 Å². The Morgan fingerprint density at radius 2 is 1.77 bits per heavy atom. The van der Waals surface area contributed by atoms with Crippen LogP contribution in [0.4, 0.5) is 0 Å². The summed E-state index contributed by atoms with van der Waals surface area (Å²) in [5.41, 5.74) is 0.549. The zero-order valence-corrected chi connectivity index (χ0v) is 13.2. The third-order valence-electron chi connectivity index (χ3n) is 3.50. The first-order valence-corrected chi connectivity index (χ1v) is 7.01. The van der Waals surface area contributed by atoms with Gasteiger partial charge in [-0.3, -0.25) is 4.79 Å². The van der Waals surface area contributed by atoms with Crippen LogP contribution in [0.15, 0.2) is 24.3 Å². The highest BCUT2D eigenvalue weighted by molar-refractivity contribution is 5.99. The van der Waals surface area contributed by atoms with E-state index in [1.165, 1.54) is 20.3 Å². The molecule has 0 fully saturated rings. The molecule has 0 saturated carbocycles. The maximum absolute atomic E-state index is 12.3. The van der Waals surface area contributed by atoms with Crippen molar-refractivity contribution in [3.63, 3.8) is 0 Å². The molecule has 0 radical (unpaired) electrons. The maximum atomic E-state index is 12.3. The van der Waals surface area contributed by atoms with Crippen molar-refractivity contribution in [1.82, 2.24) is 5.32 Å². The van der Waals surface area contributed by atoms with Crippen molar-refractivity contribution in [2.45, 2.75) is 26.3 Å². The molecule has 1 rings (SSSR count). The Morgan fingerprint density at radius 1 is 1.14 bits per heavy atom. The highest BCUT2D eigenvalue weighted by Crippen LogP contribution is 2.12. The van der Waals surface area contributed by atoms with E-state index in [1.807, 2.05) is 13.8 Å². The molecule has 0 unspecified atom stereocenters. The Morgan fingerprint density at radius 3 is 2.32 bits per heavy atom. The summed E-state index contributed by atoms with van der Waals surface area (Å²) in [6.45, 7) is 3.78. The van der Waals surface area contributed by atoms with Crippen molar-refractivity contribution in [1.29, 1.82) is 0 Å². The third kappa shape index (κ3) is 4.31. The minimum Gasteiger partial charge on any atom is -0.467 e. The van der Waals surface area contributed by atoms with Crippen LogP contribution in [0, 0.1) is 5.92 Å². The highest BCUT2D eigenvalue weighted by atomic mass is 16.5. The molecule has 0 aliphatic carbocycles. The van der Waals surface area contributed by atoms with Gasteiger partial charge in [-0.15, -0.1) is 0 Å². The van der Waals surface area contributed by atoms with Gasteiger partial charge in [0.2, 0.25) is 0 Å². The van der Waals surface area contributed by atoms with Gasteiger partial charge in [0.25, 0.3) is 5.91 Å². The number of hydrogen-bond donors (Lipinski definition) is 1. The predicted molar refractivity (Wildman–Crippen MR) is 80.5 cm³/mol. The van der Waals surface area contributed by atoms with Gasteiger partial charge in [0.05, 0.1) is 19.8 Å². The zero-order chi connectivity index (χ0) is 16.7. The standard InChI is InChI=1S/C16H21NO5/c1-5-10(2)13(16(20)22-4)17-14(18)11-7-6-8-12(9-11)15(19)21-3/h6-10,13H,5H2,1-4H3,(H,17,18)/t10-,13+/m1/s1. The van der Waals surface area contributed by atoms with E-state index in [0.29, 0.717) is 6.42 Å². The second-order valence-electron chi connectivity index (χ2n) is 4.93. The van der Waals surface area contributed by atoms with E-state index < -0.39 is 23.9 Å². The fourth-order valence-corrected chi connectivity index (χ4v) is 1.93. The van der Waals surface area contributed by atoms with Crippen molar-refractivity contribution in [3.8, 4) is 0 Å². The van der Waals surface area contributed by atoms with Gasteiger partial charge in [-0.2, -0.15) is 0 Å². The normalized spacial score (nSPS) is 12.9. The first-order valence-electron chi connectivity index (χ1n) is 7.01. The maximum Gasteiger partial charge on any atom is 0.337 e. The molecule has 0 aromatic heterocycles. The molecule has 120 valence electrons. The number of amides is 1. The Bertz CT molecular complexity index is 555. The van der Waals surface area contributed by atoms with E-state index in [4.69, 9.17) is 4.74 Å². The van der Waals surface area contributed by atoms with E-state index in [0.717, 1.165) is 0 Å². The lowest BCUT2D eigenvalue weighted by Gasteiger charge is -2.21. The van der Waals surface area contributed by atoms with Crippen molar-refractivity contribution in [2.75, 3.05) is 14.2 Å². The molecule has 0 spiro atoms. The smallest absolute Gasteiger partial charge is 0.337 e. The zero-order valence-electron chi connectivity index (χ0n) is 13.2. The predicted octanol–water partition coefficient (Wildman–Crippen LogP) is 1.79. The van der Waals surface area contributed by atoms with E-state index >= 15 is 0 Å². The number of methoxy groups -OCH3 is 2. The average Bonchev–Trinajstić information content (AvgIpc) is 2.57. The van der Waals surface area contributed by atoms with Crippen LogP contribution in [0.2, 0.25) is 0 Å². The SMILES string of the molecule is CC[C@@H](C)[C@H](NC(=O)c1cccc(C(=O)OC)c1)C(=O)OC. The lowest BCUT2D eigenvalue weighted by Crippen LogP contribution is -2.45. The molecule has 6 nitrogen and oxygen atoms in total. The summed E-state index contributed by atoms with van der Waals surface area (Å²) in [5, 5.41) is 2.65. The molecule has 1 N–H and O–H groups in total. The van der Waals surface area contributed by atoms with Gasteiger partial charge in [-0.1, -0.05) is 26.3 Å². The molecule has 22 heavy (non-hydrogen) atoms. The number of nitrogens with one attached hydrogen (secondary N) is 1. The molecule has 0 aliphatic heterocycles. The van der Waals surface area contributed by atoms with Crippen LogP contribution in [0.5, 0.6) is 0 Å². The Kier molecular flexibility index (Phi) is 6.56. The summed E-state index contributed by atoms with van der Waals surface area (Å²) >= 11 is 0. The van der Waals surface area contributed by atoms with Gasteiger partial charge in [0.1, 0.15) is 6.04 Å². The summed E-state index contributed by atoms with van der Waals surface area (Å²) in [4.78, 5) is 35.6. The summed E-state index contributed by atoms with van der Waals surface area (Å²) < 4.78 is 9.34. The summed E-state index contributed by atoms with van der Waals surface area (Å²) in [7, 11) is 2.55. The Balaban J connectivity index is 2.95. The van der Waals surface area contributed by atoms with E-state index in [-0.39, 0.29) is 17.0 Å². The van der Waals surface area contributed by atoms with Crippen LogP contribution < -0.4 is 5.32 Å². The van der Waals surface area contributed by atoms with Crippen LogP contribution in [-0.4, -0.2) is 38.1 Å². The number of hydrogen-bond acceptors (Lipinski definition) is 5. The number of benzene rings is 1. The molecule has 1 aromatic carbocycles. The first kappa shape index (κ1) is 17.7. The largest absolute Gasteiger partial charge is 0.467 e. The second-order valence-corrected chi connectivity index (χ2v) is 4.93. The van der Waals surface area contributed by atoms with Crippen LogP contribution >= 0.6 is 0 Å². The van der Waals surface area contributed by atoms with Crippen molar-refractivity contribution in [3.05, 3.63) is 35.4 Å². The topological polar surface area (TPSA) is 81.7 Å². The Hall–Kier alpha value is -2.37. The number of ether oxygens (including phenoxy) is 2. The average molecular weight is 307 g/mol. The van der Waals surface area contributed by atoms with Crippen molar-refractivity contribution >= 4 is 17.8 Å². The fraction of sp³-hybridized carbons (Fsp3) is 0.438. The second kappa shape index (κ2) is 8.17. The van der Waals surface area contributed by atoms with Gasteiger partial charge < -0.3 is 14.8 Å².